The SMILES string of the molecule is CCCCCn1c(COCc2ccccc2)cc(=O)n2cc(-c3ccc(Cl)cc3)nc12. The lowest BCUT2D eigenvalue weighted by Crippen LogP contribution is -2.21. The standard InChI is InChI=1S/C25H26ClN3O2/c1-2-3-7-14-28-22(18-31-17-19-8-5-4-6-9-19)15-24(30)29-16-23(27-25(28)29)20-10-12-21(26)13-11-20/h4-6,8-13,15-16H,2-3,7,14,17-18H2,1H3. The van der Waals surface area contributed by atoms with Crippen molar-refractivity contribution in [3.63, 3.8) is 0 Å². The second-order valence-corrected chi connectivity index (χ2v) is 8.05. The molecule has 0 radical (unpaired) electrons. The van der Waals surface area contributed by atoms with Gasteiger partial charge in [0.15, 0.2) is 0 Å². The highest BCUT2D eigenvalue weighted by Crippen LogP contribution is 2.22. The largest absolute Gasteiger partial charge is 0.371 e. The van der Waals surface area contributed by atoms with Gasteiger partial charge >= 0.3 is 0 Å². The van der Waals surface area contributed by atoms with Gasteiger partial charge in [-0.15, -0.1) is 0 Å². The van der Waals surface area contributed by atoms with Crippen LogP contribution in [0.4, 0.5) is 0 Å². The number of imidazole rings is 1. The first-order valence-corrected chi connectivity index (χ1v) is 11.0. The molecule has 0 fully saturated rings. The van der Waals surface area contributed by atoms with Gasteiger partial charge in [0.05, 0.1) is 24.6 Å². The van der Waals surface area contributed by atoms with Gasteiger partial charge in [0, 0.05) is 29.4 Å². The molecule has 2 heterocycles. The molecule has 6 heteroatoms. The first-order chi connectivity index (χ1) is 15.2. The lowest BCUT2D eigenvalue weighted by Gasteiger charge is -2.15. The molecule has 0 amide bonds. The summed E-state index contributed by atoms with van der Waals surface area (Å²) in [7, 11) is 0. The van der Waals surface area contributed by atoms with Gasteiger partial charge < -0.3 is 9.30 Å². The Morgan fingerprint density at radius 3 is 2.52 bits per heavy atom. The summed E-state index contributed by atoms with van der Waals surface area (Å²) >= 11 is 6.02. The van der Waals surface area contributed by atoms with Gasteiger partial charge in [-0.1, -0.05) is 73.8 Å². The van der Waals surface area contributed by atoms with Crippen LogP contribution < -0.4 is 5.56 Å². The molecular formula is C25H26ClN3O2. The van der Waals surface area contributed by atoms with Crippen LogP contribution in [0.25, 0.3) is 17.0 Å². The monoisotopic (exact) mass is 435 g/mol. The Balaban J connectivity index is 1.67. The number of aromatic nitrogens is 3. The van der Waals surface area contributed by atoms with E-state index in [1.807, 2.05) is 54.6 Å². The molecule has 0 spiro atoms. The maximum Gasteiger partial charge on any atom is 0.259 e. The van der Waals surface area contributed by atoms with Gasteiger partial charge in [0.1, 0.15) is 0 Å². The highest BCUT2D eigenvalue weighted by atomic mass is 35.5. The van der Waals surface area contributed by atoms with Crippen LogP contribution in [0.2, 0.25) is 5.02 Å². The maximum absolute atomic E-state index is 12.8. The van der Waals surface area contributed by atoms with E-state index < -0.39 is 0 Å². The fraction of sp³-hybridized carbons (Fsp3) is 0.280. The maximum atomic E-state index is 12.8. The Labute approximate surface area is 186 Å². The molecule has 0 aliphatic carbocycles. The molecule has 160 valence electrons. The molecule has 0 atom stereocenters. The minimum Gasteiger partial charge on any atom is -0.371 e. The van der Waals surface area contributed by atoms with Crippen molar-refractivity contribution in [2.75, 3.05) is 0 Å². The molecular weight excluding hydrogens is 410 g/mol. The quantitative estimate of drug-likeness (QED) is 0.316. The smallest absolute Gasteiger partial charge is 0.259 e. The van der Waals surface area contributed by atoms with Gasteiger partial charge in [-0.05, 0) is 24.1 Å². The van der Waals surface area contributed by atoms with E-state index in [1.54, 1.807) is 16.7 Å². The Hall–Kier alpha value is -2.89. The van der Waals surface area contributed by atoms with Gasteiger partial charge in [-0.25, -0.2) is 4.98 Å². The van der Waals surface area contributed by atoms with Gasteiger partial charge in [0.2, 0.25) is 5.78 Å². The number of ether oxygens (including phenoxy) is 1. The van der Waals surface area contributed by atoms with Crippen LogP contribution in [0.5, 0.6) is 0 Å². The van der Waals surface area contributed by atoms with E-state index in [0.717, 1.165) is 48.3 Å². The first kappa shape index (κ1) is 21.3. The average Bonchev–Trinajstić information content (AvgIpc) is 3.23. The number of unbranched alkanes of at least 4 members (excludes halogenated alkanes) is 2. The van der Waals surface area contributed by atoms with E-state index in [4.69, 9.17) is 21.3 Å². The Morgan fingerprint density at radius 2 is 1.77 bits per heavy atom. The Kier molecular flexibility index (Phi) is 6.85. The van der Waals surface area contributed by atoms with E-state index >= 15 is 0 Å². The van der Waals surface area contributed by atoms with Crippen LogP contribution in [-0.4, -0.2) is 14.0 Å². The predicted molar refractivity (Wildman–Crippen MR) is 124 cm³/mol. The topological polar surface area (TPSA) is 48.5 Å². The van der Waals surface area contributed by atoms with Crippen LogP contribution in [0.3, 0.4) is 0 Å². The van der Waals surface area contributed by atoms with Gasteiger partial charge in [-0.3, -0.25) is 9.20 Å². The molecule has 31 heavy (non-hydrogen) atoms. The van der Waals surface area contributed by atoms with Crippen LogP contribution in [0.15, 0.2) is 71.7 Å². The lowest BCUT2D eigenvalue weighted by molar-refractivity contribution is 0.102. The van der Waals surface area contributed by atoms with Crippen molar-refractivity contribution in [3.05, 3.63) is 93.5 Å². The fourth-order valence-corrected chi connectivity index (χ4v) is 3.76. The summed E-state index contributed by atoms with van der Waals surface area (Å²) in [5, 5.41) is 0.671. The second kappa shape index (κ2) is 9.94. The predicted octanol–water partition coefficient (Wildman–Crippen LogP) is 5.72. The zero-order valence-electron chi connectivity index (χ0n) is 17.6. The minimum atomic E-state index is -0.104. The molecule has 0 saturated carbocycles. The molecule has 5 nitrogen and oxygen atoms in total. The zero-order chi connectivity index (χ0) is 21.6. The van der Waals surface area contributed by atoms with Gasteiger partial charge in [0.25, 0.3) is 5.56 Å². The summed E-state index contributed by atoms with van der Waals surface area (Å²) in [5.41, 5.74) is 3.52. The Morgan fingerprint density at radius 1 is 1.00 bits per heavy atom. The summed E-state index contributed by atoms with van der Waals surface area (Å²) in [4.78, 5) is 17.7. The number of benzene rings is 2. The van der Waals surface area contributed by atoms with Crippen molar-refractivity contribution in [2.45, 2.75) is 45.9 Å². The number of hydrogen-bond donors (Lipinski definition) is 0. The fourth-order valence-electron chi connectivity index (χ4n) is 3.63. The van der Waals surface area contributed by atoms with Crippen molar-refractivity contribution in [1.82, 2.24) is 14.0 Å². The molecule has 0 unspecified atom stereocenters. The van der Waals surface area contributed by atoms with Crippen LogP contribution >= 0.6 is 11.6 Å². The molecule has 4 aromatic rings. The molecule has 0 N–H and O–H groups in total. The van der Waals surface area contributed by atoms with Crippen LogP contribution in [0, 0.1) is 0 Å². The van der Waals surface area contributed by atoms with E-state index in [2.05, 4.69) is 11.5 Å². The number of halogens is 1. The van der Waals surface area contributed by atoms with E-state index in [9.17, 15) is 4.79 Å². The minimum absolute atomic E-state index is 0.104. The summed E-state index contributed by atoms with van der Waals surface area (Å²) in [5.74, 6) is 0.645. The second-order valence-electron chi connectivity index (χ2n) is 7.61. The average molecular weight is 436 g/mol. The molecule has 0 aliphatic rings. The highest BCUT2D eigenvalue weighted by molar-refractivity contribution is 6.30. The first-order valence-electron chi connectivity index (χ1n) is 10.6. The van der Waals surface area contributed by atoms with Crippen molar-refractivity contribution in [2.24, 2.45) is 0 Å². The molecule has 4 rings (SSSR count). The third kappa shape index (κ3) is 5.06. The van der Waals surface area contributed by atoms with Crippen molar-refractivity contribution in [3.8, 4) is 11.3 Å². The molecule has 0 saturated heterocycles. The molecule has 0 aliphatic heterocycles. The summed E-state index contributed by atoms with van der Waals surface area (Å²) in [6.07, 6.45) is 5.06. The number of fused-ring (bicyclic) bond motifs is 1. The zero-order valence-corrected chi connectivity index (χ0v) is 18.4. The van der Waals surface area contributed by atoms with Crippen molar-refractivity contribution < 1.29 is 4.74 Å². The van der Waals surface area contributed by atoms with Crippen molar-refractivity contribution in [1.29, 1.82) is 0 Å². The number of rotatable bonds is 9. The molecule has 0 bridgehead atoms. The van der Waals surface area contributed by atoms with E-state index in [0.29, 0.717) is 24.0 Å². The number of hydrogen-bond acceptors (Lipinski definition) is 3. The van der Waals surface area contributed by atoms with E-state index in [1.165, 1.54) is 0 Å². The highest BCUT2D eigenvalue weighted by Gasteiger charge is 2.14. The van der Waals surface area contributed by atoms with Crippen molar-refractivity contribution >= 4 is 17.4 Å². The molecule has 2 aromatic heterocycles. The van der Waals surface area contributed by atoms with Crippen LogP contribution in [-0.2, 0) is 24.5 Å². The molecule has 2 aromatic carbocycles. The Bertz CT molecular complexity index is 1200. The number of nitrogens with zero attached hydrogens (tertiary/aromatic N) is 3. The summed E-state index contributed by atoms with van der Waals surface area (Å²) in [6, 6.07) is 19.2. The summed E-state index contributed by atoms with van der Waals surface area (Å²) in [6.45, 7) is 3.83. The van der Waals surface area contributed by atoms with E-state index in [-0.39, 0.29) is 5.56 Å². The van der Waals surface area contributed by atoms with Crippen LogP contribution in [0.1, 0.15) is 37.4 Å². The lowest BCUT2D eigenvalue weighted by atomic mass is 10.2. The third-order valence-corrected chi connectivity index (χ3v) is 5.54. The summed E-state index contributed by atoms with van der Waals surface area (Å²) < 4.78 is 9.68. The van der Waals surface area contributed by atoms with Gasteiger partial charge in [-0.2, -0.15) is 0 Å². The number of aryl methyl sites for hydroxylation is 1. The normalized spacial score (nSPS) is 11.3. The third-order valence-electron chi connectivity index (χ3n) is 5.29.